The van der Waals surface area contributed by atoms with Crippen molar-refractivity contribution in [2.24, 2.45) is 0 Å². The van der Waals surface area contributed by atoms with E-state index in [1.54, 1.807) is 35.2 Å². The maximum Gasteiger partial charge on any atom is 0.265 e. The third-order valence-electron chi connectivity index (χ3n) is 4.80. The molecule has 1 heterocycles. The lowest BCUT2D eigenvalue weighted by atomic mass is 10.2. The van der Waals surface area contributed by atoms with Crippen LogP contribution in [-0.2, 0) is 4.79 Å². The molecule has 1 aliphatic rings. The van der Waals surface area contributed by atoms with Crippen molar-refractivity contribution in [1.29, 1.82) is 0 Å². The van der Waals surface area contributed by atoms with Crippen molar-refractivity contribution >= 4 is 23.2 Å². The van der Waals surface area contributed by atoms with Gasteiger partial charge >= 0.3 is 0 Å². The summed E-state index contributed by atoms with van der Waals surface area (Å²) in [4.78, 5) is 26.5. The summed E-state index contributed by atoms with van der Waals surface area (Å²) in [6.45, 7) is 2.71. The maximum absolute atomic E-state index is 12.5. The van der Waals surface area contributed by atoms with Crippen molar-refractivity contribution < 1.29 is 19.1 Å². The molecule has 3 aromatic carbocycles. The molecule has 0 unspecified atom stereocenters. The number of ether oxygens (including phenoxy) is 2. The smallest absolute Gasteiger partial charge is 0.265 e. The van der Waals surface area contributed by atoms with Crippen LogP contribution in [0.2, 0.25) is 0 Å². The minimum atomic E-state index is -0.215. The Kier molecular flexibility index (Phi) is 5.66. The number of carbonyl (C=O) groups is 2. The van der Waals surface area contributed by atoms with E-state index >= 15 is 0 Å². The van der Waals surface area contributed by atoms with E-state index in [-0.39, 0.29) is 18.4 Å². The number of nitrogens with zero attached hydrogens (tertiary/aromatic N) is 1. The third-order valence-corrected chi connectivity index (χ3v) is 4.80. The number of carbonyl (C=O) groups excluding carboxylic acids is 2. The molecule has 0 spiro atoms. The highest BCUT2D eigenvalue weighted by Gasteiger charge is 2.26. The van der Waals surface area contributed by atoms with Gasteiger partial charge in [0.1, 0.15) is 18.1 Å². The second-order valence-corrected chi connectivity index (χ2v) is 7.00. The summed E-state index contributed by atoms with van der Waals surface area (Å²) in [7, 11) is 0. The molecule has 6 nitrogen and oxygen atoms in total. The van der Waals surface area contributed by atoms with Crippen molar-refractivity contribution in [2.75, 3.05) is 30.0 Å². The Morgan fingerprint density at radius 1 is 1.07 bits per heavy atom. The van der Waals surface area contributed by atoms with Gasteiger partial charge in [0.15, 0.2) is 6.61 Å². The van der Waals surface area contributed by atoms with Crippen molar-refractivity contribution in [3.05, 3.63) is 83.9 Å². The Hall–Kier alpha value is -3.80. The fourth-order valence-corrected chi connectivity index (χ4v) is 3.21. The van der Waals surface area contributed by atoms with E-state index in [1.165, 1.54) is 0 Å². The van der Waals surface area contributed by atoms with Gasteiger partial charge in [-0.3, -0.25) is 9.59 Å². The van der Waals surface area contributed by atoms with E-state index in [4.69, 9.17) is 9.47 Å². The standard InChI is InChI=1S/C24H22N2O4/c1-17-7-10-20(11-8-17)29-14-13-26-21-15-19(9-12-22(21)30-16-23(26)27)25-24(28)18-5-3-2-4-6-18/h2-12,15H,13-14,16H2,1H3,(H,25,28). The van der Waals surface area contributed by atoms with Crippen LogP contribution in [0.25, 0.3) is 0 Å². The number of nitrogens with one attached hydrogen (secondary N) is 1. The average Bonchev–Trinajstić information content (AvgIpc) is 2.77. The van der Waals surface area contributed by atoms with Crippen LogP contribution in [0.5, 0.6) is 11.5 Å². The monoisotopic (exact) mass is 402 g/mol. The molecule has 4 rings (SSSR count). The van der Waals surface area contributed by atoms with Crippen molar-refractivity contribution in [2.45, 2.75) is 6.92 Å². The highest BCUT2D eigenvalue weighted by Crippen LogP contribution is 2.34. The van der Waals surface area contributed by atoms with Crippen LogP contribution in [0, 0.1) is 6.92 Å². The maximum atomic E-state index is 12.5. The average molecular weight is 402 g/mol. The third kappa shape index (κ3) is 4.43. The lowest BCUT2D eigenvalue weighted by Gasteiger charge is -2.29. The van der Waals surface area contributed by atoms with Crippen LogP contribution in [0.1, 0.15) is 15.9 Å². The van der Waals surface area contributed by atoms with Gasteiger partial charge in [0, 0.05) is 11.3 Å². The van der Waals surface area contributed by atoms with E-state index < -0.39 is 0 Å². The molecule has 1 aliphatic heterocycles. The molecule has 0 saturated heterocycles. The first-order chi connectivity index (χ1) is 14.6. The van der Waals surface area contributed by atoms with E-state index in [9.17, 15) is 9.59 Å². The molecule has 0 bridgehead atoms. The number of fused-ring (bicyclic) bond motifs is 1. The Morgan fingerprint density at radius 2 is 1.83 bits per heavy atom. The highest BCUT2D eigenvalue weighted by molar-refractivity contribution is 6.05. The van der Waals surface area contributed by atoms with Crippen molar-refractivity contribution in [3.8, 4) is 11.5 Å². The van der Waals surface area contributed by atoms with Crippen LogP contribution >= 0.6 is 0 Å². The number of aryl methyl sites for hydroxylation is 1. The first-order valence-corrected chi connectivity index (χ1v) is 9.73. The van der Waals surface area contributed by atoms with E-state index in [1.807, 2.05) is 49.4 Å². The topological polar surface area (TPSA) is 67.9 Å². The summed E-state index contributed by atoms with van der Waals surface area (Å²) in [5.74, 6) is 0.988. The summed E-state index contributed by atoms with van der Waals surface area (Å²) in [5, 5.41) is 2.87. The number of amides is 2. The normalized spacial score (nSPS) is 12.7. The number of anilines is 2. The van der Waals surface area contributed by atoms with Gasteiger partial charge in [-0.25, -0.2) is 0 Å². The lowest BCUT2D eigenvalue weighted by Crippen LogP contribution is -2.41. The summed E-state index contributed by atoms with van der Waals surface area (Å²) < 4.78 is 11.3. The molecular formula is C24H22N2O4. The lowest BCUT2D eigenvalue weighted by molar-refractivity contribution is -0.121. The van der Waals surface area contributed by atoms with Crippen LogP contribution in [-0.4, -0.2) is 31.6 Å². The zero-order chi connectivity index (χ0) is 20.9. The highest BCUT2D eigenvalue weighted by atomic mass is 16.5. The molecule has 0 saturated carbocycles. The zero-order valence-corrected chi connectivity index (χ0v) is 16.6. The van der Waals surface area contributed by atoms with Gasteiger partial charge in [0.25, 0.3) is 11.8 Å². The summed E-state index contributed by atoms with van der Waals surface area (Å²) in [6.07, 6.45) is 0. The molecule has 0 aliphatic carbocycles. The fraction of sp³-hybridized carbons (Fsp3) is 0.167. The summed E-state index contributed by atoms with van der Waals surface area (Å²) >= 11 is 0. The van der Waals surface area contributed by atoms with Gasteiger partial charge in [0.2, 0.25) is 0 Å². The van der Waals surface area contributed by atoms with Gasteiger partial charge in [-0.2, -0.15) is 0 Å². The summed E-state index contributed by atoms with van der Waals surface area (Å²) in [6, 6.07) is 22.0. The predicted octanol–water partition coefficient (Wildman–Crippen LogP) is 4.05. The van der Waals surface area contributed by atoms with Crippen LogP contribution in [0.3, 0.4) is 0 Å². The molecule has 0 radical (unpaired) electrons. The van der Waals surface area contributed by atoms with Crippen molar-refractivity contribution in [3.63, 3.8) is 0 Å². The second-order valence-electron chi connectivity index (χ2n) is 7.00. The van der Waals surface area contributed by atoms with Gasteiger partial charge in [0.05, 0.1) is 12.2 Å². The van der Waals surface area contributed by atoms with E-state index in [0.29, 0.717) is 35.8 Å². The molecule has 152 valence electrons. The SMILES string of the molecule is Cc1ccc(OCCN2C(=O)COc3ccc(NC(=O)c4ccccc4)cc32)cc1. The van der Waals surface area contributed by atoms with E-state index in [0.717, 1.165) is 11.3 Å². The first-order valence-electron chi connectivity index (χ1n) is 9.73. The zero-order valence-electron chi connectivity index (χ0n) is 16.6. The number of hydrogen-bond acceptors (Lipinski definition) is 4. The summed E-state index contributed by atoms with van der Waals surface area (Å²) in [5.41, 5.74) is 2.92. The van der Waals surface area contributed by atoms with Gasteiger partial charge in [-0.15, -0.1) is 0 Å². The molecule has 0 aromatic heterocycles. The fourth-order valence-electron chi connectivity index (χ4n) is 3.21. The van der Waals surface area contributed by atoms with Gasteiger partial charge < -0.3 is 19.7 Å². The molecule has 3 aromatic rings. The van der Waals surface area contributed by atoms with Crippen molar-refractivity contribution in [1.82, 2.24) is 0 Å². The molecular weight excluding hydrogens is 380 g/mol. The van der Waals surface area contributed by atoms with E-state index in [2.05, 4.69) is 5.32 Å². The van der Waals surface area contributed by atoms with Gasteiger partial charge in [-0.1, -0.05) is 35.9 Å². The minimum absolute atomic E-state index is 0.0206. The molecule has 2 amide bonds. The predicted molar refractivity (Wildman–Crippen MR) is 115 cm³/mol. The van der Waals surface area contributed by atoms with Crippen LogP contribution in [0.15, 0.2) is 72.8 Å². The number of rotatable bonds is 6. The van der Waals surface area contributed by atoms with Gasteiger partial charge in [-0.05, 0) is 49.4 Å². The molecule has 0 atom stereocenters. The molecule has 1 N–H and O–H groups in total. The molecule has 0 fully saturated rings. The number of benzene rings is 3. The Balaban J connectivity index is 1.47. The minimum Gasteiger partial charge on any atom is -0.492 e. The second kappa shape index (κ2) is 8.69. The molecule has 6 heteroatoms. The van der Waals surface area contributed by atoms with Crippen LogP contribution < -0.4 is 19.7 Å². The number of hydrogen-bond donors (Lipinski definition) is 1. The Bertz CT molecular complexity index is 1050. The first kappa shape index (κ1) is 19.5. The quantitative estimate of drug-likeness (QED) is 0.675. The largest absolute Gasteiger partial charge is 0.492 e. The van der Waals surface area contributed by atoms with Crippen LogP contribution in [0.4, 0.5) is 11.4 Å². The molecule has 30 heavy (non-hydrogen) atoms. The Morgan fingerprint density at radius 3 is 2.60 bits per heavy atom. The Labute approximate surface area is 175 Å².